The molecule has 0 amide bonds. The zero-order valence-corrected chi connectivity index (χ0v) is 27.1. The summed E-state index contributed by atoms with van der Waals surface area (Å²) in [6.45, 7) is 15.0. The van der Waals surface area contributed by atoms with Crippen molar-refractivity contribution in [3.63, 3.8) is 0 Å². The highest BCUT2D eigenvalue weighted by molar-refractivity contribution is 7.99. The van der Waals surface area contributed by atoms with E-state index in [0.29, 0.717) is 31.7 Å². The number of unbranched alkanes of at least 4 members (excludes halogenated alkanes) is 10. The third kappa shape index (κ3) is 14.4. The summed E-state index contributed by atoms with van der Waals surface area (Å²) < 4.78 is 18.5. The molecule has 222 valence electrons. The Morgan fingerprint density at radius 1 is 0.658 bits per heavy atom. The molecule has 0 aliphatic heterocycles. The Morgan fingerprint density at radius 2 is 1.18 bits per heavy atom. The first-order chi connectivity index (χ1) is 18.6. The van der Waals surface area contributed by atoms with Gasteiger partial charge in [0.15, 0.2) is 5.16 Å². The highest BCUT2D eigenvalue weighted by Gasteiger charge is 2.49. The highest BCUT2D eigenvalue weighted by atomic mass is 32.2. The number of hydrogen-bond donors (Lipinski definition) is 2. The molecule has 0 spiro atoms. The van der Waals surface area contributed by atoms with Gasteiger partial charge in [-0.05, 0) is 40.0 Å². The van der Waals surface area contributed by atoms with E-state index in [1.54, 1.807) is 11.8 Å². The summed E-state index contributed by atoms with van der Waals surface area (Å²) >= 11 is 1.71. The van der Waals surface area contributed by atoms with Crippen molar-refractivity contribution in [1.82, 2.24) is 15.0 Å². The third-order valence-electron chi connectivity index (χ3n) is 6.33. The van der Waals surface area contributed by atoms with Crippen LogP contribution >= 0.6 is 11.8 Å². The summed E-state index contributed by atoms with van der Waals surface area (Å²) in [7, 11) is -2.98. The van der Waals surface area contributed by atoms with Crippen LogP contribution < -0.4 is 10.6 Å². The molecule has 1 aromatic rings. The van der Waals surface area contributed by atoms with Crippen molar-refractivity contribution in [2.45, 2.75) is 136 Å². The average Bonchev–Trinajstić information content (AvgIpc) is 2.91. The number of aromatic nitrogens is 3. The molecule has 0 saturated heterocycles. The fourth-order valence-corrected chi connectivity index (χ4v) is 8.04. The lowest BCUT2D eigenvalue weighted by Crippen LogP contribution is -2.59. The van der Waals surface area contributed by atoms with Crippen LogP contribution in [0, 0.1) is 0 Å². The standard InChI is InChI=1S/C28H57N5O3SSi/c1-7-13-15-17-19-21-23-29-26-31-27(33-28(32-26)37-24-22-20-18-16-14-8-2)30-25(9-3)38(34-10-4,35-11-5)36-12-6/h25H,7-24H2,1-6H3,(H2,29,30,31,32,33). The van der Waals surface area contributed by atoms with Crippen LogP contribution in [0.3, 0.4) is 0 Å². The van der Waals surface area contributed by atoms with Crippen molar-refractivity contribution in [2.24, 2.45) is 0 Å². The van der Waals surface area contributed by atoms with Crippen molar-refractivity contribution in [3.05, 3.63) is 0 Å². The second-order valence-corrected chi connectivity index (χ2v) is 13.4. The molecule has 0 aliphatic rings. The topological polar surface area (TPSA) is 90.4 Å². The summed E-state index contributed by atoms with van der Waals surface area (Å²) in [6.07, 6.45) is 16.0. The van der Waals surface area contributed by atoms with Crippen LogP contribution in [0.5, 0.6) is 0 Å². The summed E-state index contributed by atoms with van der Waals surface area (Å²) in [6, 6.07) is 0. The molecule has 0 radical (unpaired) electrons. The first kappa shape index (κ1) is 35.1. The molecule has 1 atom stereocenters. The summed E-state index contributed by atoms with van der Waals surface area (Å²) in [4.78, 5) is 14.3. The van der Waals surface area contributed by atoms with Gasteiger partial charge in [-0.2, -0.15) is 15.0 Å². The van der Waals surface area contributed by atoms with Gasteiger partial charge in [-0.3, -0.25) is 0 Å². The molecule has 2 N–H and O–H groups in total. The lowest BCUT2D eigenvalue weighted by Gasteiger charge is -2.35. The molecular formula is C28H57N5O3SSi. The minimum atomic E-state index is -2.98. The average molecular weight is 572 g/mol. The molecule has 0 aromatic carbocycles. The number of rotatable bonds is 26. The van der Waals surface area contributed by atoms with E-state index in [4.69, 9.17) is 28.2 Å². The van der Waals surface area contributed by atoms with Crippen LogP contribution in [0.15, 0.2) is 5.16 Å². The van der Waals surface area contributed by atoms with Gasteiger partial charge in [-0.25, -0.2) is 0 Å². The van der Waals surface area contributed by atoms with E-state index >= 15 is 0 Å². The van der Waals surface area contributed by atoms with E-state index < -0.39 is 8.80 Å². The molecule has 1 rings (SSSR count). The van der Waals surface area contributed by atoms with Crippen LogP contribution in [-0.4, -0.2) is 61.5 Å². The summed E-state index contributed by atoms with van der Waals surface area (Å²) in [5, 5.41) is 7.73. The maximum absolute atomic E-state index is 6.18. The molecule has 38 heavy (non-hydrogen) atoms. The Morgan fingerprint density at radius 3 is 1.74 bits per heavy atom. The van der Waals surface area contributed by atoms with E-state index in [-0.39, 0.29) is 5.67 Å². The molecule has 8 nitrogen and oxygen atoms in total. The van der Waals surface area contributed by atoms with Crippen LogP contribution in [-0.2, 0) is 13.3 Å². The van der Waals surface area contributed by atoms with Crippen molar-refractivity contribution in [2.75, 3.05) is 42.8 Å². The second-order valence-electron chi connectivity index (χ2n) is 9.58. The predicted octanol–water partition coefficient (Wildman–Crippen LogP) is 7.87. The number of nitrogens with one attached hydrogen (secondary N) is 2. The fraction of sp³-hybridized carbons (Fsp3) is 0.893. The molecule has 10 heteroatoms. The van der Waals surface area contributed by atoms with E-state index in [0.717, 1.165) is 30.3 Å². The molecule has 0 bridgehead atoms. The van der Waals surface area contributed by atoms with Crippen molar-refractivity contribution >= 4 is 32.5 Å². The van der Waals surface area contributed by atoms with Gasteiger partial charge in [-0.15, -0.1) is 0 Å². The largest absolute Gasteiger partial charge is 0.524 e. The predicted molar refractivity (Wildman–Crippen MR) is 164 cm³/mol. The van der Waals surface area contributed by atoms with Crippen LogP contribution in [0.25, 0.3) is 0 Å². The molecular weight excluding hydrogens is 514 g/mol. The van der Waals surface area contributed by atoms with Gasteiger partial charge >= 0.3 is 8.80 Å². The zero-order valence-electron chi connectivity index (χ0n) is 25.3. The Hall–Kier alpha value is -0.943. The van der Waals surface area contributed by atoms with Gasteiger partial charge in [0.05, 0.1) is 5.67 Å². The lowest BCUT2D eigenvalue weighted by molar-refractivity contribution is 0.0638. The van der Waals surface area contributed by atoms with E-state index in [9.17, 15) is 0 Å². The molecule has 0 fully saturated rings. The summed E-state index contributed by atoms with van der Waals surface area (Å²) in [5.41, 5.74) is -0.146. The van der Waals surface area contributed by atoms with Gasteiger partial charge in [0.25, 0.3) is 0 Å². The van der Waals surface area contributed by atoms with Crippen molar-refractivity contribution in [3.8, 4) is 0 Å². The van der Waals surface area contributed by atoms with Gasteiger partial charge in [0.2, 0.25) is 11.9 Å². The Bertz CT molecular complexity index is 651. The van der Waals surface area contributed by atoms with Crippen LogP contribution in [0.2, 0.25) is 0 Å². The van der Waals surface area contributed by atoms with Crippen molar-refractivity contribution < 1.29 is 13.3 Å². The molecule has 0 aliphatic carbocycles. The molecule has 1 heterocycles. The van der Waals surface area contributed by atoms with E-state index in [2.05, 4.69) is 31.4 Å². The molecule has 1 unspecified atom stereocenters. The lowest BCUT2D eigenvalue weighted by atomic mass is 10.1. The fourth-order valence-electron chi connectivity index (χ4n) is 4.34. The first-order valence-corrected chi connectivity index (χ1v) is 18.2. The quantitative estimate of drug-likeness (QED) is 0.0654. The number of nitrogens with zero attached hydrogens (tertiary/aromatic N) is 3. The number of thioether (sulfide) groups is 1. The Kier molecular flexibility index (Phi) is 21.1. The monoisotopic (exact) mass is 571 g/mol. The smallest absolute Gasteiger partial charge is 0.373 e. The minimum absolute atomic E-state index is 0.146. The van der Waals surface area contributed by atoms with Gasteiger partial charge in [0, 0.05) is 32.1 Å². The Labute approximate surface area is 239 Å². The normalized spacial score (nSPS) is 12.6. The van der Waals surface area contributed by atoms with Gasteiger partial charge in [0.1, 0.15) is 0 Å². The van der Waals surface area contributed by atoms with Crippen LogP contribution in [0.1, 0.15) is 125 Å². The molecule has 0 saturated carbocycles. The van der Waals surface area contributed by atoms with E-state index in [1.807, 2.05) is 20.8 Å². The zero-order chi connectivity index (χ0) is 27.9. The molecule has 1 aromatic heterocycles. The number of hydrogen-bond acceptors (Lipinski definition) is 9. The maximum atomic E-state index is 6.18. The third-order valence-corrected chi connectivity index (χ3v) is 10.7. The van der Waals surface area contributed by atoms with Gasteiger partial charge < -0.3 is 23.9 Å². The first-order valence-electron chi connectivity index (χ1n) is 15.4. The van der Waals surface area contributed by atoms with Gasteiger partial charge in [-0.1, -0.05) is 96.7 Å². The SMILES string of the molecule is CCCCCCCCNc1nc(NC(CC)[Si](OCC)(OCC)OCC)nc(SCCCCCCCC)n1. The number of anilines is 2. The maximum Gasteiger partial charge on any atom is 0.524 e. The van der Waals surface area contributed by atoms with Crippen molar-refractivity contribution in [1.29, 1.82) is 0 Å². The van der Waals surface area contributed by atoms with E-state index in [1.165, 1.54) is 70.6 Å². The van der Waals surface area contributed by atoms with Crippen LogP contribution in [0.4, 0.5) is 11.9 Å². The Balaban J connectivity index is 2.94. The minimum Gasteiger partial charge on any atom is -0.373 e. The highest BCUT2D eigenvalue weighted by Crippen LogP contribution is 2.24. The second kappa shape index (κ2) is 22.8. The summed E-state index contributed by atoms with van der Waals surface area (Å²) in [5.74, 6) is 2.20.